The zero-order valence-corrected chi connectivity index (χ0v) is 9.55. The topological polar surface area (TPSA) is 9.23 Å². The van der Waals surface area contributed by atoms with Gasteiger partial charge >= 0.3 is 0 Å². The average Bonchev–Trinajstić information content (AvgIpc) is 2.01. The molecule has 0 amide bonds. The van der Waals surface area contributed by atoms with Crippen molar-refractivity contribution in [3.63, 3.8) is 0 Å². The summed E-state index contributed by atoms with van der Waals surface area (Å²) in [5.74, 6) is 0.687. The van der Waals surface area contributed by atoms with Crippen molar-refractivity contribution in [3.8, 4) is 0 Å². The number of hydrogen-bond acceptors (Lipinski definition) is 1. The van der Waals surface area contributed by atoms with Gasteiger partial charge < -0.3 is 4.74 Å². The molecule has 1 heteroatoms. The summed E-state index contributed by atoms with van der Waals surface area (Å²) >= 11 is 0. The Labute approximate surface area is 83.2 Å². The maximum absolute atomic E-state index is 5.45. The van der Waals surface area contributed by atoms with Crippen LogP contribution in [0.25, 0.3) is 0 Å². The number of hydrogen-bond donors (Lipinski definition) is 0. The van der Waals surface area contributed by atoms with Gasteiger partial charge in [-0.25, -0.2) is 0 Å². The van der Waals surface area contributed by atoms with Gasteiger partial charge in [0.1, 0.15) is 0 Å². The summed E-state index contributed by atoms with van der Waals surface area (Å²) in [6.07, 6.45) is 8.55. The van der Waals surface area contributed by atoms with Crippen LogP contribution in [0.3, 0.4) is 0 Å². The number of ether oxygens (including phenoxy) is 1. The molecule has 0 aromatic carbocycles. The largest absolute Gasteiger partial charge is 0.379 e. The van der Waals surface area contributed by atoms with Crippen molar-refractivity contribution < 1.29 is 4.74 Å². The Hall–Kier alpha value is -0.300. The first-order valence-electron chi connectivity index (χ1n) is 5.41. The van der Waals surface area contributed by atoms with E-state index < -0.39 is 0 Å². The van der Waals surface area contributed by atoms with Crippen LogP contribution in [0.4, 0.5) is 0 Å². The first-order chi connectivity index (χ1) is 6.13. The van der Waals surface area contributed by atoms with E-state index in [0.29, 0.717) is 12.0 Å². The minimum absolute atomic E-state index is 0.381. The second-order valence-electron chi connectivity index (χ2n) is 4.09. The molecule has 0 N–H and O–H groups in total. The van der Waals surface area contributed by atoms with Crippen molar-refractivity contribution in [2.24, 2.45) is 5.92 Å². The van der Waals surface area contributed by atoms with Crippen molar-refractivity contribution in [2.75, 3.05) is 6.61 Å². The van der Waals surface area contributed by atoms with Crippen molar-refractivity contribution in [2.45, 2.75) is 53.1 Å². The van der Waals surface area contributed by atoms with Gasteiger partial charge in [-0.2, -0.15) is 0 Å². The minimum Gasteiger partial charge on any atom is -0.379 e. The molecule has 0 aromatic rings. The maximum Gasteiger partial charge on any atom is 0.0518 e. The highest BCUT2D eigenvalue weighted by molar-refractivity contribution is 4.83. The molecule has 0 fully saturated rings. The van der Waals surface area contributed by atoms with Crippen LogP contribution in [0.15, 0.2) is 12.2 Å². The highest BCUT2D eigenvalue weighted by Gasteiger charge is 1.92. The number of unbranched alkanes of at least 4 members (excludes halogenated alkanes) is 2. The lowest BCUT2D eigenvalue weighted by Gasteiger charge is -2.05. The van der Waals surface area contributed by atoms with Crippen LogP contribution in [0.2, 0.25) is 0 Å². The van der Waals surface area contributed by atoms with Gasteiger partial charge in [0.2, 0.25) is 0 Å². The van der Waals surface area contributed by atoms with Gasteiger partial charge in [0, 0.05) is 6.61 Å². The van der Waals surface area contributed by atoms with Crippen molar-refractivity contribution in [3.05, 3.63) is 12.2 Å². The predicted molar refractivity (Wildman–Crippen MR) is 58.9 cm³/mol. The summed E-state index contributed by atoms with van der Waals surface area (Å²) in [6.45, 7) is 9.49. The molecule has 0 aliphatic carbocycles. The van der Waals surface area contributed by atoms with E-state index in [0.717, 1.165) is 6.61 Å². The highest BCUT2D eigenvalue weighted by Crippen LogP contribution is 2.01. The van der Waals surface area contributed by atoms with Crippen molar-refractivity contribution in [1.82, 2.24) is 0 Å². The van der Waals surface area contributed by atoms with E-state index in [-0.39, 0.29) is 0 Å². The Morgan fingerprint density at radius 1 is 1.08 bits per heavy atom. The average molecular weight is 184 g/mol. The molecule has 0 aliphatic heterocycles. The summed E-state index contributed by atoms with van der Waals surface area (Å²) < 4.78 is 5.45. The minimum atomic E-state index is 0.381. The van der Waals surface area contributed by atoms with Crippen LogP contribution in [0, 0.1) is 5.92 Å². The molecule has 0 aromatic heterocycles. The Kier molecular flexibility index (Phi) is 8.11. The molecule has 78 valence electrons. The van der Waals surface area contributed by atoms with E-state index in [1.165, 1.54) is 19.3 Å². The van der Waals surface area contributed by atoms with E-state index in [4.69, 9.17) is 4.74 Å². The lowest BCUT2D eigenvalue weighted by molar-refractivity contribution is 0.0762. The summed E-state index contributed by atoms with van der Waals surface area (Å²) in [5, 5.41) is 0. The molecular formula is C12H24O. The van der Waals surface area contributed by atoms with E-state index >= 15 is 0 Å². The fourth-order valence-corrected chi connectivity index (χ4v) is 1.05. The monoisotopic (exact) mass is 184 g/mol. The normalized spacial score (nSPS) is 12.2. The first kappa shape index (κ1) is 12.7. The van der Waals surface area contributed by atoms with Crippen LogP contribution in [0.1, 0.15) is 47.0 Å². The molecule has 0 atom stereocenters. The van der Waals surface area contributed by atoms with E-state index in [1.54, 1.807) is 0 Å². The quantitative estimate of drug-likeness (QED) is 0.432. The van der Waals surface area contributed by atoms with Crippen LogP contribution in [-0.2, 0) is 4.74 Å². The second-order valence-corrected chi connectivity index (χ2v) is 4.09. The summed E-state index contributed by atoms with van der Waals surface area (Å²) in [5.41, 5.74) is 0. The first-order valence-corrected chi connectivity index (χ1v) is 5.41. The fourth-order valence-electron chi connectivity index (χ4n) is 1.05. The predicted octanol–water partition coefficient (Wildman–Crippen LogP) is 3.79. The zero-order valence-electron chi connectivity index (χ0n) is 9.55. The SMILES string of the molecule is CC(C)/C=C/CCCCOC(C)C. The van der Waals surface area contributed by atoms with Crippen molar-refractivity contribution >= 4 is 0 Å². The Morgan fingerprint density at radius 2 is 1.77 bits per heavy atom. The van der Waals surface area contributed by atoms with Gasteiger partial charge in [0.25, 0.3) is 0 Å². The standard InChI is InChI=1S/C12H24O/c1-11(2)9-7-5-6-8-10-13-12(3)4/h7,9,11-12H,5-6,8,10H2,1-4H3/b9-7+. The lowest BCUT2D eigenvalue weighted by atomic mass is 10.1. The molecule has 0 spiro atoms. The summed E-state index contributed by atoms with van der Waals surface area (Å²) in [7, 11) is 0. The van der Waals surface area contributed by atoms with E-state index in [1.807, 2.05) is 0 Å². The summed E-state index contributed by atoms with van der Waals surface area (Å²) in [6, 6.07) is 0. The van der Waals surface area contributed by atoms with E-state index in [2.05, 4.69) is 39.8 Å². The third-order valence-electron chi connectivity index (χ3n) is 1.74. The highest BCUT2D eigenvalue weighted by atomic mass is 16.5. The molecule has 13 heavy (non-hydrogen) atoms. The van der Waals surface area contributed by atoms with Crippen LogP contribution >= 0.6 is 0 Å². The van der Waals surface area contributed by atoms with Gasteiger partial charge in [-0.15, -0.1) is 0 Å². The molecule has 0 saturated heterocycles. The molecule has 0 heterocycles. The zero-order chi connectivity index (χ0) is 10.1. The maximum atomic E-state index is 5.45. The molecule has 0 aliphatic rings. The van der Waals surface area contributed by atoms with Crippen LogP contribution in [0.5, 0.6) is 0 Å². The summed E-state index contributed by atoms with van der Waals surface area (Å²) in [4.78, 5) is 0. The Bertz CT molecular complexity index is 125. The smallest absolute Gasteiger partial charge is 0.0518 e. The Morgan fingerprint density at radius 3 is 2.31 bits per heavy atom. The fraction of sp³-hybridized carbons (Fsp3) is 0.833. The van der Waals surface area contributed by atoms with Gasteiger partial charge in [-0.3, -0.25) is 0 Å². The second kappa shape index (κ2) is 8.31. The van der Waals surface area contributed by atoms with Crippen LogP contribution < -0.4 is 0 Å². The van der Waals surface area contributed by atoms with Gasteiger partial charge in [-0.05, 0) is 39.0 Å². The van der Waals surface area contributed by atoms with Gasteiger partial charge in [0.15, 0.2) is 0 Å². The van der Waals surface area contributed by atoms with Crippen molar-refractivity contribution in [1.29, 1.82) is 0 Å². The van der Waals surface area contributed by atoms with E-state index in [9.17, 15) is 0 Å². The molecule has 0 radical (unpaired) electrons. The molecule has 0 unspecified atom stereocenters. The Balaban J connectivity index is 3.08. The van der Waals surface area contributed by atoms with Gasteiger partial charge in [-0.1, -0.05) is 26.0 Å². The molecule has 0 saturated carbocycles. The lowest BCUT2D eigenvalue weighted by Crippen LogP contribution is -2.03. The molecular weight excluding hydrogens is 160 g/mol. The number of allylic oxidation sites excluding steroid dienone is 2. The molecule has 1 nitrogen and oxygen atoms in total. The third-order valence-corrected chi connectivity index (χ3v) is 1.74. The van der Waals surface area contributed by atoms with Gasteiger partial charge in [0.05, 0.1) is 6.10 Å². The third kappa shape index (κ3) is 11.7. The number of rotatable bonds is 7. The molecule has 0 rings (SSSR count). The van der Waals surface area contributed by atoms with Crippen LogP contribution in [-0.4, -0.2) is 12.7 Å². The molecule has 0 bridgehead atoms.